The lowest BCUT2D eigenvalue weighted by Gasteiger charge is -2.08. The lowest BCUT2D eigenvalue weighted by atomic mass is 10.0. The van der Waals surface area contributed by atoms with Crippen LogP contribution in [0.1, 0.15) is 42.0 Å². The van der Waals surface area contributed by atoms with E-state index >= 15 is 0 Å². The summed E-state index contributed by atoms with van der Waals surface area (Å²) in [4.78, 5) is 26.1. The van der Waals surface area contributed by atoms with Crippen molar-refractivity contribution in [1.82, 2.24) is 5.32 Å². The minimum atomic E-state index is -0.644. The highest BCUT2D eigenvalue weighted by Gasteiger charge is 2.13. The molecular formula is C18H22N2O2S. The number of carbonyl (C=O) groups is 2. The van der Waals surface area contributed by atoms with Crippen molar-refractivity contribution in [3.63, 3.8) is 0 Å². The zero-order valence-corrected chi connectivity index (χ0v) is 14.5. The fourth-order valence-corrected chi connectivity index (χ4v) is 2.99. The Kier molecular flexibility index (Phi) is 5.93. The van der Waals surface area contributed by atoms with E-state index in [1.165, 1.54) is 10.4 Å². The predicted molar refractivity (Wildman–Crippen MR) is 94.7 cm³/mol. The lowest BCUT2D eigenvalue weighted by Crippen LogP contribution is -2.34. The molecule has 5 heteroatoms. The monoisotopic (exact) mass is 330 g/mol. The molecule has 0 radical (unpaired) electrons. The number of amides is 2. The van der Waals surface area contributed by atoms with Gasteiger partial charge in [-0.2, -0.15) is 0 Å². The van der Waals surface area contributed by atoms with Gasteiger partial charge in [-0.25, -0.2) is 0 Å². The molecule has 2 rings (SSSR count). The number of rotatable bonds is 5. The van der Waals surface area contributed by atoms with Crippen molar-refractivity contribution in [2.75, 3.05) is 5.32 Å². The van der Waals surface area contributed by atoms with Gasteiger partial charge in [0.05, 0.1) is 6.54 Å². The van der Waals surface area contributed by atoms with Crippen LogP contribution in [0.5, 0.6) is 0 Å². The molecule has 0 saturated heterocycles. The molecule has 1 aromatic heterocycles. The molecule has 0 atom stereocenters. The first-order valence-corrected chi connectivity index (χ1v) is 8.58. The highest BCUT2D eigenvalue weighted by Crippen LogP contribution is 2.18. The van der Waals surface area contributed by atoms with E-state index < -0.39 is 11.8 Å². The molecular weight excluding hydrogens is 308 g/mol. The van der Waals surface area contributed by atoms with Crippen LogP contribution in [-0.2, 0) is 22.6 Å². The summed E-state index contributed by atoms with van der Waals surface area (Å²) in [6.07, 6.45) is 0.978. The Morgan fingerprint density at radius 1 is 1.00 bits per heavy atom. The summed E-state index contributed by atoms with van der Waals surface area (Å²) in [7, 11) is 0. The maximum absolute atomic E-state index is 11.9. The van der Waals surface area contributed by atoms with Crippen molar-refractivity contribution in [3.8, 4) is 0 Å². The van der Waals surface area contributed by atoms with Crippen molar-refractivity contribution < 1.29 is 9.59 Å². The van der Waals surface area contributed by atoms with Crippen LogP contribution in [-0.4, -0.2) is 11.8 Å². The number of aryl methyl sites for hydroxylation is 1. The van der Waals surface area contributed by atoms with Crippen LogP contribution < -0.4 is 10.6 Å². The Balaban J connectivity index is 1.85. The number of hydrogen-bond donors (Lipinski definition) is 2. The first-order chi connectivity index (χ1) is 11.0. The SMILES string of the molecule is CCc1ccc(CNC(=O)C(=O)Nc2ccc(C(C)C)cc2)s1. The molecule has 2 N–H and O–H groups in total. The van der Waals surface area contributed by atoms with Crippen molar-refractivity contribution in [2.45, 2.75) is 39.7 Å². The molecule has 0 aliphatic heterocycles. The topological polar surface area (TPSA) is 58.2 Å². The summed E-state index contributed by atoms with van der Waals surface area (Å²) in [6, 6.07) is 11.6. The second-order valence-electron chi connectivity index (χ2n) is 5.64. The van der Waals surface area contributed by atoms with E-state index in [1.807, 2.05) is 36.4 Å². The number of anilines is 1. The number of hydrogen-bond acceptors (Lipinski definition) is 3. The highest BCUT2D eigenvalue weighted by molar-refractivity contribution is 7.11. The Hall–Kier alpha value is -2.14. The molecule has 0 spiro atoms. The van der Waals surface area contributed by atoms with Gasteiger partial charge in [0.25, 0.3) is 0 Å². The van der Waals surface area contributed by atoms with E-state index in [4.69, 9.17) is 0 Å². The summed E-state index contributed by atoms with van der Waals surface area (Å²) in [5.41, 5.74) is 1.82. The van der Waals surface area contributed by atoms with Gasteiger partial charge in [0.15, 0.2) is 0 Å². The Labute approximate surface area is 140 Å². The van der Waals surface area contributed by atoms with Crippen LogP contribution in [0.4, 0.5) is 5.69 Å². The van der Waals surface area contributed by atoms with Crippen molar-refractivity contribution in [2.24, 2.45) is 0 Å². The molecule has 0 aliphatic rings. The van der Waals surface area contributed by atoms with Crippen LogP contribution >= 0.6 is 11.3 Å². The third kappa shape index (κ3) is 4.93. The molecule has 2 aromatic rings. The smallest absolute Gasteiger partial charge is 0.313 e. The van der Waals surface area contributed by atoms with Gasteiger partial charge >= 0.3 is 11.8 Å². The molecule has 0 aliphatic carbocycles. The van der Waals surface area contributed by atoms with Gasteiger partial charge in [0, 0.05) is 15.4 Å². The molecule has 23 heavy (non-hydrogen) atoms. The van der Waals surface area contributed by atoms with Crippen LogP contribution in [0.2, 0.25) is 0 Å². The van der Waals surface area contributed by atoms with Gasteiger partial charge in [0.1, 0.15) is 0 Å². The Bertz CT molecular complexity index is 675. The summed E-state index contributed by atoms with van der Waals surface area (Å²) in [5, 5.41) is 5.26. The molecule has 0 saturated carbocycles. The largest absolute Gasteiger partial charge is 0.343 e. The molecule has 0 fully saturated rings. The third-order valence-electron chi connectivity index (χ3n) is 3.53. The average Bonchev–Trinajstić information content (AvgIpc) is 3.01. The minimum absolute atomic E-state index is 0.378. The third-order valence-corrected chi connectivity index (χ3v) is 4.76. The van der Waals surface area contributed by atoms with E-state index in [2.05, 4.69) is 31.4 Å². The van der Waals surface area contributed by atoms with Gasteiger partial charge in [-0.15, -0.1) is 11.3 Å². The predicted octanol–water partition coefficient (Wildman–Crippen LogP) is 3.69. The first kappa shape index (κ1) is 17.2. The summed E-state index contributed by atoms with van der Waals surface area (Å²) >= 11 is 1.65. The van der Waals surface area contributed by atoms with Gasteiger partial charge in [-0.1, -0.05) is 32.9 Å². The summed E-state index contributed by atoms with van der Waals surface area (Å²) < 4.78 is 0. The second-order valence-corrected chi connectivity index (χ2v) is 6.89. The molecule has 1 aromatic carbocycles. The van der Waals surface area contributed by atoms with Gasteiger partial charge < -0.3 is 10.6 Å². The molecule has 0 unspecified atom stereocenters. The van der Waals surface area contributed by atoms with Crippen molar-refractivity contribution in [1.29, 1.82) is 0 Å². The Morgan fingerprint density at radius 2 is 1.65 bits per heavy atom. The Morgan fingerprint density at radius 3 is 2.22 bits per heavy atom. The standard InChI is InChI=1S/C18H22N2O2S/c1-4-15-9-10-16(23-15)11-19-17(21)18(22)20-14-7-5-13(6-8-14)12(2)3/h5-10,12H,4,11H2,1-3H3,(H,19,21)(H,20,22). The van der Waals surface area contributed by atoms with Crippen molar-refractivity contribution in [3.05, 3.63) is 51.7 Å². The summed E-state index contributed by atoms with van der Waals surface area (Å²) in [5.74, 6) is -0.833. The maximum Gasteiger partial charge on any atom is 0.313 e. The number of nitrogens with one attached hydrogen (secondary N) is 2. The second kappa shape index (κ2) is 7.92. The molecule has 1 heterocycles. The van der Waals surface area contributed by atoms with E-state index in [0.29, 0.717) is 18.2 Å². The fraction of sp³-hybridized carbons (Fsp3) is 0.333. The van der Waals surface area contributed by atoms with Crippen LogP contribution in [0.3, 0.4) is 0 Å². The maximum atomic E-state index is 11.9. The normalized spacial score (nSPS) is 10.6. The van der Waals surface area contributed by atoms with Crippen LogP contribution in [0, 0.1) is 0 Å². The van der Waals surface area contributed by atoms with Gasteiger partial charge in [-0.3, -0.25) is 9.59 Å². The quantitative estimate of drug-likeness (QED) is 0.822. The highest BCUT2D eigenvalue weighted by atomic mass is 32.1. The van der Waals surface area contributed by atoms with E-state index in [9.17, 15) is 9.59 Å². The van der Waals surface area contributed by atoms with Crippen molar-refractivity contribution >= 4 is 28.8 Å². The van der Waals surface area contributed by atoms with E-state index in [-0.39, 0.29) is 0 Å². The fourth-order valence-electron chi connectivity index (χ4n) is 2.09. The number of thiophene rings is 1. The lowest BCUT2D eigenvalue weighted by molar-refractivity contribution is -0.136. The number of benzene rings is 1. The zero-order valence-electron chi connectivity index (χ0n) is 13.7. The van der Waals surface area contributed by atoms with E-state index in [1.54, 1.807) is 11.3 Å². The number of carbonyl (C=O) groups excluding carboxylic acids is 2. The first-order valence-electron chi connectivity index (χ1n) is 7.76. The van der Waals surface area contributed by atoms with Gasteiger partial charge in [-0.05, 0) is 42.2 Å². The molecule has 2 amide bonds. The molecule has 4 nitrogen and oxygen atoms in total. The summed E-state index contributed by atoms with van der Waals surface area (Å²) in [6.45, 7) is 6.68. The minimum Gasteiger partial charge on any atom is -0.343 e. The average molecular weight is 330 g/mol. The van der Waals surface area contributed by atoms with Gasteiger partial charge in [0.2, 0.25) is 0 Å². The zero-order chi connectivity index (χ0) is 16.8. The molecule has 122 valence electrons. The van der Waals surface area contributed by atoms with Crippen LogP contribution in [0.15, 0.2) is 36.4 Å². The molecule has 0 bridgehead atoms. The van der Waals surface area contributed by atoms with E-state index in [0.717, 1.165) is 11.3 Å². The van der Waals surface area contributed by atoms with Crippen LogP contribution in [0.25, 0.3) is 0 Å².